The zero-order valence-corrected chi connectivity index (χ0v) is 21.4. The molecule has 0 rings (SSSR count). The number of allylic oxidation sites excluding steroid dienone is 1. The van der Waals surface area contributed by atoms with Crippen molar-refractivity contribution < 1.29 is 22.6 Å². The van der Waals surface area contributed by atoms with Crippen LogP contribution in [0.1, 0.15) is 110 Å². The van der Waals surface area contributed by atoms with Crippen molar-refractivity contribution in [3.8, 4) is 0 Å². The van der Waals surface area contributed by atoms with Gasteiger partial charge in [-0.15, -0.1) is 0 Å². The molecule has 166 valence electrons. The van der Waals surface area contributed by atoms with Gasteiger partial charge in [-0.3, -0.25) is 9.11 Å². The Kier molecular flexibility index (Phi) is 35.3. The van der Waals surface area contributed by atoms with Gasteiger partial charge in [0.2, 0.25) is 0 Å². The first-order chi connectivity index (χ1) is 13.3. The van der Waals surface area contributed by atoms with Crippen LogP contribution in [0.15, 0.2) is 12.7 Å². The first-order valence-corrected chi connectivity index (χ1v) is 14.1. The van der Waals surface area contributed by atoms with Crippen molar-refractivity contribution in [3.63, 3.8) is 0 Å². The minimum Gasteiger partial charge on any atom is -0.396 e. The molecule has 0 aromatic carbocycles. The molecule has 7 heteroatoms. The molecule has 0 aliphatic carbocycles. The number of hydrogen-bond acceptors (Lipinski definition) is 3. The monoisotopic (exact) mass is 432 g/mol. The fourth-order valence-corrected chi connectivity index (χ4v) is 2.66. The van der Waals surface area contributed by atoms with E-state index in [1.165, 1.54) is 128 Å². The molecule has 28 heavy (non-hydrogen) atoms. The smallest absolute Gasteiger partial charge is 0.394 e. The summed E-state index contributed by atoms with van der Waals surface area (Å²) in [5.74, 6) is 0. The Bertz CT molecular complexity index is 351. The molecule has 0 radical (unpaired) electrons. The molecule has 0 unspecified atom stereocenters. The van der Waals surface area contributed by atoms with E-state index in [0.717, 1.165) is 6.42 Å². The molecule has 0 heterocycles. The van der Waals surface area contributed by atoms with E-state index in [4.69, 9.17) is 22.6 Å². The third-order valence-electron chi connectivity index (χ3n) is 4.30. The van der Waals surface area contributed by atoms with E-state index >= 15 is 0 Å². The number of unbranched alkanes of at least 4 members (excludes halogenated alkanes) is 15. The summed E-state index contributed by atoms with van der Waals surface area (Å²) in [5.41, 5.74) is 0. The van der Waals surface area contributed by atoms with Gasteiger partial charge >= 0.3 is 54.7 Å². The van der Waals surface area contributed by atoms with E-state index in [-0.39, 0.29) is 0 Å². The fraction of sp³-hybridized carbons (Fsp3) is 0.905. The molecule has 0 fully saturated rings. The van der Waals surface area contributed by atoms with Crippen LogP contribution in [0.25, 0.3) is 0 Å². The van der Waals surface area contributed by atoms with Crippen molar-refractivity contribution >= 4 is 38.3 Å². The maximum Gasteiger partial charge on any atom is 0.394 e. The standard InChI is InChI=1S/C18H38O.C3H5.Na.H2O4S/c1-2-3-4-5-6-7-8-9-10-11-12-13-14-15-16-17-18-19;1-3-2;;1-5(2,3)4/h19H,2-18H2,1H3;3H,1-2H2;;(H2,1,2,3,4). The number of rotatable bonds is 17. The van der Waals surface area contributed by atoms with E-state index < -0.39 is 10.4 Å². The summed E-state index contributed by atoms with van der Waals surface area (Å²) in [6.07, 6.45) is 24.1. The van der Waals surface area contributed by atoms with Gasteiger partial charge in [-0.25, -0.2) is 0 Å². The van der Waals surface area contributed by atoms with Crippen molar-refractivity contribution in [2.75, 3.05) is 6.61 Å². The summed E-state index contributed by atoms with van der Waals surface area (Å²) in [7, 11) is -4.67. The second-order valence-electron chi connectivity index (χ2n) is 7.17. The molecule has 0 bridgehead atoms. The van der Waals surface area contributed by atoms with Gasteiger partial charge in [-0.05, 0) is 6.42 Å². The maximum atomic E-state index is 8.74. The largest absolute Gasteiger partial charge is 0.396 e. The quantitative estimate of drug-likeness (QED) is 0.108. The van der Waals surface area contributed by atoms with Crippen LogP contribution in [-0.2, 0) is 10.4 Å². The van der Waals surface area contributed by atoms with Crippen LogP contribution < -0.4 is 0 Å². The van der Waals surface area contributed by atoms with E-state index in [1.807, 2.05) is 6.08 Å². The molecule has 5 nitrogen and oxygen atoms in total. The Morgan fingerprint density at radius 3 is 1.11 bits per heavy atom. The summed E-state index contributed by atoms with van der Waals surface area (Å²) >= 11 is 1.27. The second-order valence-corrected chi connectivity index (χ2v) is 8.88. The van der Waals surface area contributed by atoms with Crippen molar-refractivity contribution in [1.82, 2.24) is 0 Å². The Labute approximate surface area is 192 Å². The van der Waals surface area contributed by atoms with Gasteiger partial charge in [0, 0.05) is 6.61 Å². The van der Waals surface area contributed by atoms with Crippen LogP contribution in [0.3, 0.4) is 0 Å². The summed E-state index contributed by atoms with van der Waals surface area (Å²) < 4.78 is 32.8. The maximum absolute atomic E-state index is 8.74. The Balaban J connectivity index is -0.000000575. The Hall–Kier alpha value is 0.570. The summed E-state index contributed by atoms with van der Waals surface area (Å²) in [4.78, 5) is 0. The Morgan fingerprint density at radius 1 is 0.714 bits per heavy atom. The molecular weight excluding hydrogens is 387 g/mol. The number of hydrogen-bond donors (Lipinski definition) is 3. The third kappa shape index (κ3) is 56.3. The third-order valence-corrected chi connectivity index (χ3v) is 4.88. The predicted molar refractivity (Wildman–Crippen MR) is 122 cm³/mol. The molecule has 0 atom stereocenters. The van der Waals surface area contributed by atoms with Crippen LogP contribution in [0, 0.1) is 0 Å². The van der Waals surface area contributed by atoms with Gasteiger partial charge in [-0.1, -0.05) is 103 Å². The van der Waals surface area contributed by atoms with Gasteiger partial charge in [-0.2, -0.15) is 8.42 Å². The van der Waals surface area contributed by atoms with E-state index in [0.29, 0.717) is 6.61 Å². The number of aliphatic hydroxyl groups is 1. The molecule has 0 aliphatic heterocycles. The predicted octanol–water partition coefficient (Wildman–Crippen LogP) is 6.35. The van der Waals surface area contributed by atoms with E-state index in [9.17, 15) is 0 Å². The van der Waals surface area contributed by atoms with Crippen LogP contribution in [-0.4, -0.2) is 57.2 Å². The minimum atomic E-state index is -4.67. The molecule has 0 amide bonds. The first-order valence-electron chi connectivity index (χ1n) is 11.2. The average molecular weight is 433 g/mol. The first kappa shape index (κ1) is 33.2. The summed E-state index contributed by atoms with van der Waals surface area (Å²) in [5, 5.41) is 8.67. The SMILES string of the molecule is C=C[CH2][Na].CCCCCCCCCCCCCCCCCCO.O=S(=O)(O)O. The molecular formula is C21H45NaO5S. The zero-order valence-electron chi connectivity index (χ0n) is 18.6. The van der Waals surface area contributed by atoms with Gasteiger partial charge in [0.15, 0.2) is 0 Å². The van der Waals surface area contributed by atoms with Crippen LogP contribution in [0.4, 0.5) is 0 Å². The molecule has 3 N–H and O–H groups in total. The van der Waals surface area contributed by atoms with Gasteiger partial charge in [0.1, 0.15) is 0 Å². The van der Waals surface area contributed by atoms with Crippen molar-refractivity contribution in [2.24, 2.45) is 0 Å². The fourth-order valence-electron chi connectivity index (χ4n) is 2.66. The Morgan fingerprint density at radius 2 is 0.929 bits per heavy atom. The molecule has 0 saturated heterocycles. The minimum absolute atomic E-state index is 0.373. The van der Waals surface area contributed by atoms with Crippen LogP contribution >= 0.6 is 0 Å². The summed E-state index contributed by atoms with van der Waals surface area (Å²) in [6.45, 7) is 6.17. The van der Waals surface area contributed by atoms with E-state index in [2.05, 4.69) is 13.5 Å². The second kappa shape index (κ2) is 29.8. The summed E-state index contributed by atoms with van der Waals surface area (Å²) in [6, 6.07) is 0. The normalized spacial score (nSPS) is 10.5. The molecule has 0 aromatic rings. The van der Waals surface area contributed by atoms with Gasteiger partial charge < -0.3 is 5.11 Å². The number of aliphatic hydroxyl groups excluding tert-OH is 1. The molecule has 0 aliphatic rings. The average Bonchev–Trinajstić information content (AvgIpc) is 2.64. The molecule has 0 saturated carbocycles. The zero-order chi connectivity index (χ0) is 21.9. The van der Waals surface area contributed by atoms with Crippen molar-refractivity contribution in [1.29, 1.82) is 0 Å². The van der Waals surface area contributed by atoms with Crippen molar-refractivity contribution in [2.45, 2.75) is 113 Å². The van der Waals surface area contributed by atoms with Gasteiger partial charge in [0.05, 0.1) is 0 Å². The topological polar surface area (TPSA) is 94.8 Å². The molecule has 0 aromatic heterocycles. The van der Waals surface area contributed by atoms with Crippen LogP contribution in [0.2, 0.25) is 3.67 Å². The van der Waals surface area contributed by atoms with Crippen molar-refractivity contribution in [3.05, 3.63) is 12.7 Å². The molecule has 0 spiro atoms. The van der Waals surface area contributed by atoms with E-state index in [1.54, 1.807) is 0 Å². The van der Waals surface area contributed by atoms with Gasteiger partial charge in [0.25, 0.3) is 0 Å². The van der Waals surface area contributed by atoms with Crippen LogP contribution in [0.5, 0.6) is 0 Å².